The molecule has 0 spiro atoms. The second-order valence-electron chi connectivity index (χ2n) is 7.53. The SMILES string of the molecule is c1cn2cc(-c3ccc4c(c3)nc3n4CCN4CCCC4C3)ccc2n1. The van der Waals surface area contributed by atoms with Gasteiger partial charge in [0.2, 0.25) is 0 Å². The van der Waals surface area contributed by atoms with E-state index in [1.54, 1.807) is 0 Å². The van der Waals surface area contributed by atoms with Crippen LogP contribution in [0.25, 0.3) is 27.8 Å². The Morgan fingerprint density at radius 1 is 1.00 bits per heavy atom. The molecular weight excluding hydrogens is 322 g/mol. The molecule has 3 aromatic heterocycles. The molecule has 0 bridgehead atoms. The first-order valence-corrected chi connectivity index (χ1v) is 9.51. The van der Waals surface area contributed by atoms with E-state index in [1.807, 2.05) is 12.4 Å². The number of aromatic nitrogens is 4. The van der Waals surface area contributed by atoms with Gasteiger partial charge in [-0.15, -0.1) is 0 Å². The van der Waals surface area contributed by atoms with Gasteiger partial charge >= 0.3 is 0 Å². The molecule has 1 saturated heterocycles. The van der Waals surface area contributed by atoms with Gasteiger partial charge in [0.1, 0.15) is 11.5 Å². The lowest BCUT2D eigenvalue weighted by Crippen LogP contribution is -2.30. The molecule has 0 saturated carbocycles. The van der Waals surface area contributed by atoms with Gasteiger partial charge in [-0.3, -0.25) is 4.90 Å². The van der Waals surface area contributed by atoms with Crippen molar-refractivity contribution in [1.82, 2.24) is 23.8 Å². The van der Waals surface area contributed by atoms with Gasteiger partial charge in [-0.25, -0.2) is 9.97 Å². The van der Waals surface area contributed by atoms with Crippen LogP contribution in [0.1, 0.15) is 18.7 Å². The molecule has 1 fully saturated rings. The van der Waals surface area contributed by atoms with E-state index in [9.17, 15) is 0 Å². The summed E-state index contributed by atoms with van der Waals surface area (Å²) in [5.74, 6) is 1.26. The molecule has 2 aliphatic rings. The smallest absolute Gasteiger partial charge is 0.136 e. The van der Waals surface area contributed by atoms with E-state index >= 15 is 0 Å². The predicted molar refractivity (Wildman–Crippen MR) is 102 cm³/mol. The van der Waals surface area contributed by atoms with Crippen molar-refractivity contribution in [1.29, 1.82) is 0 Å². The van der Waals surface area contributed by atoms with Gasteiger partial charge in [-0.1, -0.05) is 6.07 Å². The first-order valence-electron chi connectivity index (χ1n) is 9.51. The highest BCUT2D eigenvalue weighted by molar-refractivity contribution is 5.82. The molecule has 6 rings (SSSR count). The Hall–Kier alpha value is -2.66. The van der Waals surface area contributed by atoms with Gasteiger partial charge in [0.25, 0.3) is 0 Å². The molecule has 0 N–H and O–H groups in total. The number of nitrogens with zero attached hydrogens (tertiary/aromatic N) is 5. The summed E-state index contributed by atoms with van der Waals surface area (Å²) in [5, 5.41) is 0. The lowest BCUT2D eigenvalue weighted by atomic mass is 10.1. The fraction of sp³-hybridized carbons (Fsp3) is 0.333. The normalized spacial score (nSPS) is 20.4. The Bertz CT molecular complexity index is 1120. The number of hydrogen-bond acceptors (Lipinski definition) is 3. The van der Waals surface area contributed by atoms with Crippen LogP contribution < -0.4 is 0 Å². The Balaban J connectivity index is 1.44. The number of imidazole rings is 2. The number of pyridine rings is 1. The minimum Gasteiger partial charge on any atom is -0.327 e. The van der Waals surface area contributed by atoms with Gasteiger partial charge in [-0.2, -0.15) is 0 Å². The van der Waals surface area contributed by atoms with Crippen LogP contribution in [0.15, 0.2) is 48.9 Å². The highest BCUT2D eigenvalue weighted by Crippen LogP contribution is 2.29. The second-order valence-corrected chi connectivity index (χ2v) is 7.53. The highest BCUT2D eigenvalue weighted by Gasteiger charge is 2.29. The summed E-state index contributed by atoms with van der Waals surface area (Å²) in [5.41, 5.74) is 5.78. The van der Waals surface area contributed by atoms with Crippen LogP contribution in [-0.2, 0) is 13.0 Å². The Morgan fingerprint density at radius 2 is 1.96 bits per heavy atom. The van der Waals surface area contributed by atoms with Crippen molar-refractivity contribution >= 4 is 16.7 Å². The third-order valence-electron chi connectivity index (χ3n) is 6.08. The topological polar surface area (TPSA) is 38.4 Å². The van der Waals surface area contributed by atoms with E-state index in [2.05, 4.69) is 55.4 Å². The van der Waals surface area contributed by atoms with Crippen LogP contribution in [0.3, 0.4) is 0 Å². The molecule has 0 radical (unpaired) electrons. The first-order chi connectivity index (χ1) is 12.8. The zero-order valence-corrected chi connectivity index (χ0v) is 14.7. The molecule has 5 nitrogen and oxygen atoms in total. The molecular formula is C21H21N5. The highest BCUT2D eigenvalue weighted by atomic mass is 15.2. The maximum Gasteiger partial charge on any atom is 0.136 e. The summed E-state index contributed by atoms with van der Waals surface area (Å²) >= 11 is 0. The molecule has 2 aliphatic heterocycles. The average Bonchev–Trinajstić information content (AvgIpc) is 3.36. The lowest BCUT2D eigenvalue weighted by molar-refractivity contribution is 0.258. The summed E-state index contributed by atoms with van der Waals surface area (Å²) in [4.78, 5) is 12.0. The van der Waals surface area contributed by atoms with Crippen molar-refractivity contribution in [2.45, 2.75) is 31.8 Å². The van der Waals surface area contributed by atoms with Crippen LogP contribution >= 0.6 is 0 Å². The maximum absolute atomic E-state index is 5.03. The summed E-state index contributed by atoms with van der Waals surface area (Å²) in [7, 11) is 0. The largest absolute Gasteiger partial charge is 0.327 e. The van der Waals surface area contributed by atoms with E-state index in [0.29, 0.717) is 6.04 Å². The molecule has 5 heteroatoms. The molecule has 4 aromatic rings. The summed E-state index contributed by atoms with van der Waals surface area (Å²) in [6, 6.07) is 11.6. The quantitative estimate of drug-likeness (QED) is 0.532. The second kappa shape index (κ2) is 5.42. The van der Waals surface area contributed by atoms with Gasteiger partial charge < -0.3 is 8.97 Å². The van der Waals surface area contributed by atoms with Gasteiger partial charge in [0.15, 0.2) is 0 Å². The van der Waals surface area contributed by atoms with E-state index in [0.717, 1.165) is 30.7 Å². The third kappa shape index (κ3) is 2.13. The Kier molecular flexibility index (Phi) is 3.02. The van der Waals surface area contributed by atoms with E-state index in [4.69, 9.17) is 4.98 Å². The molecule has 26 heavy (non-hydrogen) atoms. The Labute approximate surface area is 151 Å². The molecule has 0 amide bonds. The number of rotatable bonds is 1. The summed E-state index contributed by atoms with van der Waals surface area (Å²) in [6.45, 7) is 3.47. The van der Waals surface area contributed by atoms with Crippen molar-refractivity contribution in [3.05, 3.63) is 54.7 Å². The minimum absolute atomic E-state index is 0.691. The maximum atomic E-state index is 5.03. The van der Waals surface area contributed by atoms with Crippen LogP contribution in [0.5, 0.6) is 0 Å². The van der Waals surface area contributed by atoms with Crippen LogP contribution in [-0.4, -0.2) is 43.0 Å². The number of hydrogen-bond donors (Lipinski definition) is 0. The van der Waals surface area contributed by atoms with Crippen molar-refractivity contribution in [2.24, 2.45) is 0 Å². The zero-order valence-electron chi connectivity index (χ0n) is 14.7. The zero-order chi connectivity index (χ0) is 17.1. The van der Waals surface area contributed by atoms with E-state index < -0.39 is 0 Å². The molecule has 1 unspecified atom stereocenters. The summed E-state index contributed by atoms with van der Waals surface area (Å²) < 4.78 is 4.51. The van der Waals surface area contributed by atoms with Gasteiger partial charge in [0, 0.05) is 44.1 Å². The van der Waals surface area contributed by atoms with Gasteiger partial charge in [0.05, 0.1) is 11.0 Å². The average molecular weight is 343 g/mol. The molecule has 0 aliphatic carbocycles. The number of fused-ring (bicyclic) bond motifs is 5. The Morgan fingerprint density at radius 3 is 2.96 bits per heavy atom. The van der Waals surface area contributed by atoms with E-state index in [-0.39, 0.29) is 0 Å². The van der Waals surface area contributed by atoms with Crippen molar-refractivity contribution in [3.63, 3.8) is 0 Å². The standard InChI is InChI=1S/C21H21N5/c1-2-17-13-21-23-18-12-15(16-4-6-20-22-7-9-25(20)14-16)3-5-19(18)26(21)11-10-24(17)8-1/h3-7,9,12,14,17H,1-2,8,10-11,13H2. The molecule has 5 heterocycles. The fourth-order valence-corrected chi connectivity index (χ4v) is 4.72. The number of benzene rings is 1. The lowest BCUT2D eigenvalue weighted by Gasteiger charge is -2.20. The molecule has 130 valence electrons. The fourth-order valence-electron chi connectivity index (χ4n) is 4.72. The summed E-state index contributed by atoms with van der Waals surface area (Å²) in [6.07, 6.45) is 9.71. The van der Waals surface area contributed by atoms with Crippen LogP contribution in [0.4, 0.5) is 0 Å². The van der Waals surface area contributed by atoms with E-state index in [1.165, 1.54) is 41.9 Å². The monoisotopic (exact) mass is 343 g/mol. The van der Waals surface area contributed by atoms with Gasteiger partial charge in [-0.05, 0) is 54.8 Å². The molecule has 1 atom stereocenters. The van der Waals surface area contributed by atoms with Crippen LogP contribution in [0.2, 0.25) is 0 Å². The van der Waals surface area contributed by atoms with Crippen molar-refractivity contribution in [3.8, 4) is 11.1 Å². The molecule has 1 aromatic carbocycles. The minimum atomic E-state index is 0.691. The first kappa shape index (κ1) is 14.5. The van der Waals surface area contributed by atoms with Crippen LogP contribution in [0, 0.1) is 0 Å². The van der Waals surface area contributed by atoms with Crippen molar-refractivity contribution < 1.29 is 0 Å². The van der Waals surface area contributed by atoms with Crippen molar-refractivity contribution in [2.75, 3.05) is 13.1 Å². The third-order valence-corrected chi connectivity index (χ3v) is 6.08. The predicted octanol–water partition coefficient (Wildman–Crippen LogP) is 3.37.